The van der Waals surface area contributed by atoms with Gasteiger partial charge in [-0.2, -0.15) is 0 Å². The van der Waals surface area contributed by atoms with Crippen LogP contribution in [-0.2, 0) is 13.2 Å². The molecule has 0 aliphatic rings. The van der Waals surface area contributed by atoms with Gasteiger partial charge in [-0.3, -0.25) is 0 Å². The van der Waals surface area contributed by atoms with E-state index >= 15 is 0 Å². The molecule has 0 aromatic heterocycles. The predicted octanol–water partition coefficient (Wildman–Crippen LogP) is 5.32. The van der Waals surface area contributed by atoms with Crippen LogP contribution in [0.25, 0.3) is 0 Å². The minimum Gasteiger partial charge on any atom is -0.489 e. The van der Waals surface area contributed by atoms with E-state index in [0.29, 0.717) is 17.5 Å². The van der Waals surface area contributed by atoms with E-state index in [-0.39, 0.29) is 0 Å². The van der Waals surface area contributed by atoms with E-state index < -0.39 is 0 Å². The molecule has 0 bridgehead atoms. The van der Waals surface area contributed by atoms with E-state index in [1.165, 1.54) is 0 Å². The molecule has 2 aromatic rings. The summed E-state index contributed by atoms with van der Waals surface area (Å²) in [7, 11) is 0. The fourth-order valence-electron chi connectivity index (χ4n) is 2.09. The zero-order chi connectivity index (χ0) is 15.9. The molecule has 0 amide bonds. The highest BCUT2D eigenvalue weighted by Crippen LogP contribution is 2.25. The van der Waals surface area contributed by atoms with Gasteiger partial charge in [0.1, 0.15) is 12.4 Å². The Morgan fingerprint density at radius 1 is 1.05 bits per heavy atom. The molecular formula is C18H21Cl2NO. The van der Waals surface area contributed by atoms with Gasteiger partial charge in [0, 0.05) is 27.7 Å². The SMILES string of the molecule is CC(C)CNCc1cc(Cl)ccc1OCc1ccccc1Cl. The third kappa shape index (κ3) is 5.20. The van der Waals surface area contributed by atoms with Crippen LogP contribution in [0.2, 0.25) is 10.0 Å². The summed E-state index contributed by atoms with van der Waals surface area (Å²) in [4.78, 5) is 0. The Morgan fingerprint density at radius 3 is 2.55 bits per heavy atom. The molecule has 0 aliphatic carbocycles. The lowest BCUT2D eigenvalue weighted by Gasteiger charge is -2.14. The van der Waals surface area contributed by atoms with Crippen molar-refractivity contribution in [3.05, 3.63) is 63.6 Å². The van der Waals surface area contributed by atoms with E-state index in [1.807, 2.05) is 42.5 Å². The Hall–Kier alpha value is -1.22. The molecule has 2 rings (SSSR count). The van der Waals surface area contributed by atoms with E-state index in [0.717, 1.165) is 35.0 Å². The first kappa shape index (κ1) is 17.1. The third-order valence-corrected chi connectivity index (χ3v) is 3.84. The first-order valence-electron chi connectivity index (χ1n) is 7.41. The van der Waals surface area contributed by atoms with Crippen molar-refractivity contribution >= 4 is 23.2 Å². The van der Waals surface area contributed by atoms with Crippen molar-refractivity contribution in [3.63, 3.8) is 0 Å². The first-order chi connectivity index (χ1) is 10.6. The van der Waals surface area contributed by atoms with Crippen molar-refractivity contribution < 1.29 is 4.74 Å². The highest BCUT2D eigenvalue weighted by atomic mass is 35.5. The van der Waals surface area contributed by atoms with Gasteiger partial charge in [0.25, 0.3) is 0 Å². The quantitative estimate of drug-likeness (QED) is 0.738. The topological polar surface area (TPSA) is 21.3 Å². The van der Waals surface area contributed by atoms with E-state index in [4.69, 9.17) is 27.9 Å². The summed E-state index contributed by atoms with van der Waals surface area (Å²) in [6, 6.07) is 13.4. The molecule has 0 saturated carbocycles. The third-order valence-electron chi connectivity index (χ3n) is 3.23. The molecule has 0 unspecified atom stereocenters. The minimum atomic E-state index is 0.443. The van der Waals surface area contributed by atoms with Gasteiger partial charge in [-0.1, -0.05) is 55.2 Å². The number of nitrogens with one attached hydrogen (secondary N) is 1. The Bertz CT molecular complexity index is 614. The maximum absolute atomic E-state index is 6.16. The molecule has 0 atom stereocenters. The Morgan fingerprint density at radius 2 is 1.82 bits per heavy atom. The van der Waals surface area contributed by atoms with Gasteiger partial charge in [0.15, 0.2) is 0 Å². The first-order valence-corrected chi connectivity index (χ1v) is 8.17. The van der Waals surface area contributed by atoms with Crippen LogP contribution in [0.1, 0.15) is 25.0 Å². The van der Waals surface area contributed by atoms with Gasteiger partial charge in [0.2, 0.25) is 0 Å². The predicted molar refractivity (Wildman–Crippen MR) is 93.8 cm³/mol. The van der Waals surface area contributed by atoms with Crippen LogP contribution in [0, 0.1) is 5.92 Å². The Labute approximate surface area is 142 Å². The van der Waals surface area contributed by atoms with Gasteiger partial charge in [0.05, 0.1) is 0 Å². The Balaban J connectivity index is 2.05. The minimum absolute atomic E-state index is 0.443. The van der Waals surface area contributed by atoms with Crippen LogP contribution >= 0.6 is 23.2 Å². The molecule has 0 radical (unpaired) electrons. The zero-order valence-corrected chi connectivity index (χ0v) is 14.4. The molecule has 2 aromatic carbocycles. The van der Waals surface area contributed by atoms with Gasteiger partial charge in [-0.05, 0) is 36.7 Å². The molecule has 118 valence electrons. The second-order valence-corrected chi connectivity index (χ2v) is 6.50. The Kier molecular flexibility index (Phi) is 6.56. The molecule has 1 N–H and O–H groups in total. The van der Waals surface area contributed by atoms with Crippen LogP contribution in [-0.4, -0.2) is 6.54 Å². The fraction of sp³-hybridized carbons (Fsp3) is 0.333. The van der Waals surface area contributed by atoms with Crippen molar-refractivity contribution in [1.29, 1.82) is 0 Å². The lowest BCUT2D eigenvalue weighted by atomic mass is 10.1. The van der Waals surface area contributed by atoms with Gasteiger partial charge < -0.3 is 10.1 Å². The monoisotopic (exact) mass is 337 g/mol. The summed E-state index contributed by atoms with van der Waals surface area (Å²) in [5, 5.41) is 4.85. The molecule has 2 nitrogen and oxygen atoms in total. The standard InChI is InChI=1S/C18H21Cl2NO/c1-13(2)10-21-11-15-9-16(19)7-8-18(15)22-12-14-5-3-4-6-17(14)20/h3-9,13,21H,10-12H2,1-2H3. The lowest BCUT2D eigenvalue weighted by molar-refractivity contribution is 0.302. The highest BCUT2D eigenvalue weighted by molar-refractivity contribution is 6.31. The number of hydrogen-bond donors (Lipinski definition) is 1. The summed E-state index contributed by atoms with van der Waals surface area (Å²) in [6.45, 7) is 6.49. The molecular weight excluding hydrogens is 317 g/mol. The summed E-state index contributed by atoms with van der Waals surface area (Å²) < 4.78 is 5.93. The van der Waals surface area contributed by atoms with Crippen molar-refractivity contribution in [1.82, 2.24) is 5.32 Å². The van der Waals surface area contributed by atoms with Crippen LogP contribution in [0.5, 0.6) is 5.75 Å². The highest BCUT2D eigenvalue weighted by Gasteiger charge is 2.07. The van der Waals surface area contributed by atoms with E-state index in [2.05, 4.69) is 19.2 Å². The zero-order valence-electron chi connectivity index (χ0n) is 12.9. The smallest absolute Gasteiger partial charge is 0.124 e. The van der Waals surface area contributed by atoms with Gasteiger partial charge in [-0.15, -0.1) is 0 Å². The normalized spacial score (nSPS) is 11.0. The van der Waals surface area contributed by atoms with Crippen molar-refractivity contribution in [2.75, 3.05) is 6.54 Å². The summed E-state index contributed by atoms with van der Waals surface area (Å²) in [5.41, 5.74) is 2.03. The maximum Gasteiger partial charge on any atom is 0.124 e. The van der Waals surface area contributed by atoms with E-state index in [9.17, 15) is 0 Å². The van der Waals surface area contributed by atoms with Gasteiger partial charge in [-0.25, -0.2) is 0 Å². The molecule has 0 fully saturated rings. The molecule has 22 heavy (non-hydrogen) atoms. The number of halogens is 2. The average molecular weight is 338 g/mol. The summed E-state index contributed by atoms with van der Waals surface area (Å²) >= 11 is 12.3. The molecule has 0 aliphatic heterocycles. The molecule has 4 heteroatoms. The summed E-state index contributed by atoms with van der Waals surface area (Å²) in [6.07, 6.45) is 0. The number of rotatable bonds is 7. The van der Waals surface area contributed by atoms with Crippen molar-refractivity contribution in [2.24, 2.45) is 5.92 Å². The van der Waals surface area contributed by atoms with Crippen LogP contribution in [0.15, 0.2) is 42.5 Å². The average Bonchev–Trinajstić information content (AvgIpc) is 2.47. The fourth-order valence-corrected chi connectivity index (χ4v) is 2.48. The lowest BCUT2D eigenvalue weighted by Crippen LogP contribution is -2.19. The van der Waals surface area contributed by atoms with Gasteiger partial charge >= 0.3 is 0 Å². The molecule has 0 heterocycles. The number of hydrogen-bond acceptors (Lipinski definition) is 2. The maximum atomic E-state index is 6.16. The number of benzene rings is 2. The molecule has 0 saturated heterocycles. The van der Waals surface area contributed by atoms with Crippen LogP contribution in [0.3, 0.4) is 0 Å². The second-order valence-electron chi connectivity index (χ2n) is 5.66. The molecule has 0 spiro atoms. The largest absolute Gasteiger partial charge is 0.489 e. The van der Waals surface area contributed by atoms with Crippen molar-refractivity contribution in [2.45, 2.75) is 27.0 Å². The van der Waals surface area contributed by atoms with E-state index in [1.54, 1.807) is 0 Å². The van der Waals surface area contributed by atoms with Crippen LogP contribution < -0.4 is 10.1 Å². The van der Waals surface area contributed by atoms with Crippen molar-refractivity contribution in [3.8, 4) is 5.75 Å². The van der Waals surface area contributed by atoms with Crippen LogP contribution in [0.4, 0.5) is 0 Å². The second kappa shape index (κ2) is 8.42. The summed E-state index contributed by atoms with van der Waals surface area (Å²) in [5.74, 6) is 1.44. The number of ether oxygens (including phenoxy) is 1.